The van der Waals surface area contributed by atoms with Crippen LogP contribution in [0.5, 0.6) is 0 Å². The van der Waals surface area contributed by atoms with Gasteiger partial charge in [0, 0.05) is 25.3 Å². The summed E-state index contributed by atoms with van der Waals surface area (Å²) in [6.07, 6.45) is 5.31. The second-order valence-corrected chi connectivity index (χ2v) is 7.25. The van der Waals surface area contributed by atoms with Crippen molar-refractivity contribution in [3.63, 3.8) is 0 Å². The summed E-state index contributed by atoms with van der Waals surface area (Å²) in [5, 5.41) is 6.67. The molecule has 5 nitrogen and oxygen atoms in total. The first-order valence-electron chi connectivity index (χ1n) is 8.25. The third kappa shape index (κ3) is 5.83. The van der Waals surface area contributed by atoms with Crippen LogP contribution in [0.4, 0.5) is 4.79 Å². The Morgan fingerprint density at radius 2 is 1.81 bits per heavy atom. The molecule has 0 aromatic carbocycles. The average Bonchev–Trinajstić information content (AvgIpc) is 2.82. The van der Waals surface area contributed by atoms with E-state index in [1.54, 1.807) is 0 Å². The van der Waals surface area contributed by atoms with Crippen molar-refractivity contribution in [3.05, 3.63) is 0 Å². The summed E-state index contributed by atoms with van der Waals surface area (Å²) in [6, 6.07) is 0.569. The lowest BCUT2D eigenvalue weighted by Gasteiger charge is -2.28. The van der Waals surface area contributed by atoms with Crippen LogP contribution in [0.1, 0.15) is 52.9 Å². The molecule has 2 fully saturated rings. The number of ether oxygens (including phenoxy) is 2. The van der Waals surface area contributed by atoms with Gasteiger partial charge in [0.2, 0.25) is 0 Å². The van der Waals surface area contributed by atoms with E-state index in [0.29, 0.717) is 12.0 Å². The van der Waals surface area contributed by atoms with Gasteiger partial charge in [-0.2, -0.15) is 0 Å². The Bertz CT molecular complexity index is 335. The lowest BCUT2D eigenvalue weighted by atomic mass is 9.99. The molecule has 2 atom stereocenters. The molecule has 1 amide bonds. The molecule has 1 saturated heterocycles. The lowest BCUT2D eigenvalue weighted by molar-refractivity contribution is 0.0494. The Balaban J connectivity index is 1.73. The van der Waals surface area contributed by atoms with Crippen molar-refractivity contribution in [1.29, 1.82) is 0 Å². The molecule has 0 bridgehead atoms. The van der Waals surface area contributed by atoms with E-state index in [-0.39, 0.29) is 12.1 Å². The highest BCUT2D eigenvalue weighted by Gasteiger charge is 2.30. The SMILES string of the molecule is CC(C)(C)OC(=O)NC1CCCC1NCC1CCOCC1. The van der Waals surface area contributed by atoms with Crippen molar-refractivity contribution in [2.75, 3.05) is 19.8 Å². The second-order valence-electron chi connectivity index (χ2n) is 7.25. The van der Waals surface area contributed by atoms with E-state index in [4.69, 9.17) is 9.47 Å². The molecule has 2 rings (SSSR count). The maximum Gasteiger partial charge on any atom is 0.407 e. The summed E-state index contributed by atoms with van der Waals surface area (Å²) in [5.41, 5.74) is -0.437. The van der Waals surface area contributed by atoms with Crippen molar-refractivity contribution in [2.24, 2.45) is 5.92 Å². The first-order chi connectivity index (χ1) is 9.94. The van der Waals surface area contributed by atoms with Crippen molar-refractivity contribution in [2.45, 2.75) is 70.6 Å². The first-order valence-corrected chi connectivity index (χ1v) is 8.25. The van der Waals surface area contributed by atoms with E-state index >= 15 is 0 Å². The van der Waals surface area contributed by atoms with Gasteiger partial charge in [-0.05, 0) is 65.3 Å². The Morgan fingerprint density at radius 3 is 2.48 bits per heavy atom. The van der Waals surface area contributed by atoms with E-state index in [1.807, 2.05) is 20.8 Å². The number of carbonyl (C=O) groups excluding carboxylic acids is 1. The Morgan fingerprint density at radius 1 is 1.14 bits per heavy atom. The highest BCUT2D eigenvalue weighted by atomic mass is 16.6. The zero-order chi connectivity index (χ0) is 15.3. The molecular formula is C16H30N2O3. The largest absolute Gasteiger partial charge is 0.444 e. The van der Waals surface area contributed by atoms with E-state index in [9.17, 15) is 4.79 Å². The standard InChI is InChI=1S/C16H30N2O3/c1-16(2,3)21-15(19)18-14-6-4-5-13(14)17-11-12-7-9-20-10-8-12/h12-14,17H,4-11H2,1-3H3,(H,18,19). The smallest absolute Gasteiger partial charge is 0.407 e. The van der Waals surface area contributed by atoms with Gasteiger partial charge in [0.1, 0.15) is 5.60 Å². The van der Waals surface area contributed by atoms with Gasteiger partial charge < -0.3 is 20.1 Å². The second kappa shape index (κ2) is 7.45. The minimum absolute atomic E-state index is 0.194. The number of hydrogen-bond donors (Lipinski definition) is 2. The van der Waals surface area contributed by atoms with Crippen LogP contribution in [-0.2, 0) is 9.47 Å². The molecule has 0 aromatic rings. The van der Waals surface area contributed by atoms with Gasteiger partial charge in [-0.25, -0.2) is 4.79 Å². The predicted octanol–water partition coefficient (Wildman–Crippen LogP) is 2.45. The molecule has 0 radical (unpaired) electrons. The third-order valence-electron chi connectivity index (χ3n) is 4.23. The number of alkyl carbamates (subject to hydrolysis) is 1. The monoisotopic (exact) mass is 298 g/mol. The molecular weight excluding hydrogens is 268 g/mol. The van der Waals surface area contributed by atoms with Gasteiger partial charge in [0.25, 0.3) is 0 Å². The third-order valence-corrected chi connectivity index (χ3v) is 4.23. The molecule has 1 saturated carbocycles. The van der Waals surface area contributed by atoms with Crippen LogP contribution in [0.3, 0.4) is 0 Å². The Hall–Kier alpha value is -0.810. The molecule has 1 aliphatic heterocycles. The maximum atomic E-state index is 11.9. The van der Waals surface area contributed by atoms with Crippen LogP contribution >= 0.6 is 0 Å². The summed E-state index contributed by atoms with van der Waals surface area (Å²) in [4.78, 5) is 11.9. The molecule has 0 aromatic heterocycles. The summed E-state index contributed by atoms with van der Waals surface area (Å²) < 4.78 is 10.7. The number of hydrogen-bond acceptors (Lipinski definition) is 4. The zero-order valence-corrected chi connectivity index (χ0v) is 13.6. The molecule has 21 heavy (non-hydrogen) atoms. The fraction of sp³-hybridized carbons (Fsp3) is 0.938. The quantitative estimate of drug-likeness (QED) is 0.837. The molecule has 2 aliphatic rings. The van der Waals surface area contributed by atoms with Crippen molar-refractivity contribution in [3.8, 4) is 0 Å². The average molecular weight is 298 g/mol. The summed E-state index contributed by atoms with van der Waals surface area (Å²) >= 11 is 0. The number of carbonyl (C=O) groups is 1. The summed E-state index contributed by atoms with van der Waals surface area (Å²) in [7, 11) is 0. The fourth-order valence-corrected chi connectivity index (χ4v) is 3.10. The van der Waals surface area contributed by atoms with E-state index in [2.05, 4.69) is 10.6 Å². The van der Waals surface area contributed by atoms with Crippen LogP contribution in [0, 0.1) is 5.92 Å². The lowest BCUT2D eigenvalue weighted by Crippen LogP contribution is -2.49. The summed E-state index contributed by atoms with van der Waals surface area (Å²) in [6.45, 7) is 8.47. The number of rotatable bonds is 4. The van der Waals surface area contributed by atoms with Crippen molar-refractivity contribution in [1.82, 2.24) is 10.6 Å². The number of amides is 1. The normalized spacial score (nSPS) is 27.6. The zero-order valence-electron chi connectivity index (χ0n) is 13.6. The van der Waals surface area contributed by atoms with Gasteiger partial charge in [-0.1, -0.05) is 0 Å². The molecule has 1 heterocycles. The minimum atomic E-state index is -0.437. The predicted molar refractivity (Wildman–Crippen MR) is 82.3 cm³/mol. The highest BCUT2D eigenvalue weighted by Crippen LogP contribution is 2.21. The molecule has 2 N–H and O–H groups in total. The van der Waals surface area contributed by atoms with Crippen molar-refractivity contribution >= 4 is 6.09 Å². The molecule has 0 spiro atoms. The Labute approximate surface area is 128 Å². The van der Waals surface area contributed by atoms with Gasteiger partial charge in [-0.15, -0.1) is 0 Å². The number of nitrogens with one attached hydrogen (secondary N) is 2. The summed E-state index contributed by atoms with van der Waals surface area (Å²) in [5.74, 6) is 0.710. The van der Waals surface area contributed by atoms with Gasteiger partial charge in [-0.3, -0.25) is 0 Å². The van der Waals surface area contributed by atoms with Crippen LogP contribution in [0.15, 0.2) is 0 Å². The van der Waals surface area contributed by atoms with Crippen LogP contribution in [0.25, 0.3) is 0 Å². The molecule has 122 valence electrons. The fourth-order valence-electron chi connectivity index (χ4n) is 3.10. The topological polar surface area (TPSA) is 59.6 Å². The van der Waals surface area contributed by atoms with Crippen LogP contribution in [-0.4, -0.2) is 43.5 Å². The maximum absolute atomic E-state index is 11.9. The van der Waals surface area contributed by atoms with Crippen molar-refractivity contribution < 1.29 is 14.3 Å². The Kier molecular flexibility index (Phi) is 5.88. The molecule has 1 aliphatic carbocycles. The van der Waals surface area contributed by atoms with Gasteiger partial charge >= 0.3 is 6.09 Å². The molecule has 2 unspecified atom stereocenters. The highest BCUT2D eigenvalue weighted by molar-refractivity contribution is 5.68. The van der Waals surface area contributed by atoms with Gasteiger partial charge in [0.15, 0.2) is 0 Å². The van der Waals surface area contributed by atoms with Crippen LogP contribution < -0.4 is 10.6 Å². The van der Waals surface area contributed by atoms with Gasteiger partial charge in [0.05, 0.1) is 0 Å². The molecule has 5 heteroatoms. The van der Waals surface area contributed by atoms with E-state index in [1.165, 1.54) is 0 Å². The van der Waals surface area contributed by atoms with E-state index < -0.39 is 5.60 Å². The van der Waals surface area contributed by atoms with Crippen LogP contribution in [0.2, 0.25) is 0 Å². The van der Waals surface area contributed by atoms with E-state index in [0.717, 1.165) is 51.9 Å². The minimum Gasteiger partial charge on any atom is -0.444 e. The first kappa shape index (κ1) is 16.6.